The lowest BCUT2D eigenvalue weighted by Crippen LogP contribution is -2.48. The number of piperidine rings is 1. The zero-order valence-corrected chi connectivity index (χ0v) is 14.2. The molecule has 0 aliphatic carbocycles. The van der Waals surface area contributed by atoms with E-state index in [1.54, 1.807) is 6.20 Å². The average Bonchev–Trinajstić information content (AvgIpc) is 3.22. The molecule has 4 heterocycles. The molecule has 2 aliphatic rings. The number of hydrogen-bond acceptors (Lipinski definition) is 6. The first kappa shape index (κ1) is 16.6. The van der Waals surface area contributed by atoms with Gasteiger partial charge in [0.2, 0.25) is 5.88 Å². The van der Waals surface area contributed by atoms with Gasteiger partial charge in [0.1, 0.15) is 24.1 Å². The van der Waals surface area contributed by atoms with Crippen molar-refractivity contribution in [3.63, 3.8) is 0 Å². The van der Waals surface area contributed by atoms with E-state index in [1.165, 1.54) is 6.33 Å². The van der Waals surface area contributed by atoms with E-state index in [-0.39, 0.29) is 19.5 Å². The molecule has 2 aliphatic heterocycles. The number of hydrogen-bond donors (Lipinski definition) is 1. The van der Waals surface area contributed by atoms with Crippen LogP contribution in [-0.4, -0.2) is 67.8 Å². The first-order valence-electron chi connectivity index (χ1n) is 8.44. The van der Waals surface area contributed by atoms with Gasteiger partial charge < -0.3 is 19.6 Å². The molecule has 26 heavy (non-hydrogen) atoms. The summed E-state index contributed by atoms with van der Waals surface area (Å²) in [4.78, 5) is 22.6. The molecule has 2 aromatic heterocycles. The van der Waals surface area contributed by atoms with Crippen molar-refractivity contribution in [2.45, 2.75) is 32.2 Å². The number of ether oxygens (including phenoxy) is 1. The second-order valence-corrected chi connectivity index (χ2v) is 6.38. The molecule has 2 aromatic rings. The molecule has 0 bridgehead atoms. The van der Waals surface area contributed by atoms with Crippen LogP contribution in [-0.2, 0) is 6.54 Å². The van der Waals surface area contributed by atoms with E-state index in [4.69, 9.17) is 9.84 Å². The molecule has 1 amide bonds. The van der Waals surface area contributed by atoms with E-state index in [0.717, 1.165) is 29.4 Å². The highest BCUT2D eigenvalue weighted by Crippen LogP contribution is 2.33. The summed E-state index contributed by atoms with van der Waals surface area (Å²) in [5.41, 5.74) is 0.718. The van der Waals surface area contributed by atoms with Gasteiger partial charge in [-0.2, -0.15) is 5.10 Å². The summed E-state index contributed by atoms with van der Waals surface area (Å²) in [5, 5.41) is 13.2. The second-order valence-electron chi connectivity index (χ2n) is 6.38. The number of nitrogens with zero attached hydrogens (tertiary/aromatic N) is 6. The molecule has 1 saturated heterocycles. The van der Waals surface area contributed by atoms with Crippen molar-refractivity contribution < 1.29 is 19.0 Å². The highest BCUT2D eigenvalue weighted by Gasteiger charge is 2.34. The van der Waals surface area contributed by atoms with Gasteiger partial charge in [0.15, 0.2) is 6.17 Å². The molecular formula is C16H19FN6O3. The van der Waals surface area contributed by atoms with Crippen molar-refractivity contribution >= 4 is 17.7 Å². The van der Waals surface area contributed by atoms with Gasteiger partial charge in [0.25, 0.3) is 0 Å². The number of likely N-dealkylation sites (tertiary alicyclic amines) is 1. The summed E-state index contributed by atoms with van der Waals surface area (Å²) in [5.74, 6) is 1.97. The van der Waals surface area contributed by atoms with Crippen LogP contribution in [0.5, 0.6) is 5.88 Å². The maximum absolute atomic E-state index is 14.3. The average molecular weight is 362 g/mol. The van der Waals surface area contributed by atoms with Crippen LogP contribution >= 0.6 is 0 Å². The van der Waals surface area contributed by atoms with E-state index in [1.807, 2.05) is 22.6 Å². The van der Waals surface area contributed by atoms with Crippen molar-refractivity contribution in [3.05, 3.63) is 24.2 Å². The Bertz CT molecular complexity index is 828. The fourth-order valence-electron chi connectivity index (χ4n) is 3.40. The Hall–Kier alpha value is -2.91. The SMILES string of the molecule is Cc1c(OC2CCN(C(=O)O)CC2F)ncnc1N1CCn2nccc21. The van der Waals surface area contributed by atoms with E-state index in [9.17, 15) is 9.18 Å². The lowest BCUT2D eigenvalue weighted by molar-refractivity contribution is 0.0222. The number of aromatic nitrogens is 4. The van der Waals surface area contributed by atoms with Crippen LogP contribution in [0.3, 0.4) is 0 Å². The molecule has 10 heteroatoms. The summed E-state index contributed by atoms with van der Waals surface area (Å²) >= 11 is 0. The van der Waals surface area contributed by atoms with E-state index in [0.29, 0.717) is 11.7 Å². The van der Waals surface area contributed by atoms with E-state index < -0.39 is 18.4 Å². The molecule has 2 atom stereocenters. The summed E-state index contributed by atoms with van der Waals surface area (Å²) < 4.78 is 22.0. The van der Waals surface area contributed by atoms with Crippen LogP contribution < -0.4 is 9.64 Å². The van der Waals surface area contributed by atoms with Crippen LogP contribution in [0.4, 0.5) is 20.8 Å². The smallest absolute Gasteiger partial charge is 0.407 e. The monoisotopic (exact) mass is 362 g/mol. The number of carbonyl (C=O) groups is 1. The van der Waals surface area contributed by atoms with Gasteiger partial charge in [0, 0.05) is 25.6 Å². The van der Waals surface area contributed by atoms with Gasteiger partial charge in [0.05, 0.1) is 24.8 Å². The Kier molecular flexibility index (Phi) is 4.09. The molecule has 9 nitrogen and oxygen atoms in total. The van der Waals surface area contributed by atoms with Gasteiger partial charge in [-0.05, 0) is 6.92 Å². The largest absolute Gasteiger partial charge is 0.471 e. The molecule has 0 spiro atoms. The number of amides is 1. The lowest BCUT2D eigenvalue weighted by Gasteiger charge is -2.33. The third-order valence-corrected chi connectivity index (χ3v) is 4.79. The Labute approximate surface area is 149 Å². The predicted octanol–water partition coefficient (Wildman–Crippen LogP) is 1.60. The van der Waals surface area contributed by atoms with Gasteiger partial charge in [-0.3, -0.25) is 0 Å². The van der Waals surface area contributed by atoms with Gasteiger partial charge >= 0.3 is 6.09 Å². The molecule has 0 radical (unpaired) electrons. The normalized spacial score (nSPS) is 22.4. The van der Waals surface area contributed by atoms with Crippen LogP contribution in [0.1, 0.15) is 12.0 Å². The minimum absolute atomic E-state index is 0.192. The zero-order valence-electron chi connectivity index (χ0n) is 14.2. The molecule has 2 unspecified atom stereocenters. The molecule has 4 rings (SSSR count). The minimum atomic E-state index is -1.40. The standard InChI is InChI=1S/C16H19FN6O3/c1-10-14(22-6-7-23-13(22)2-4-20-23)18-9-19-15(10)26-12-3-5-21(16(24)25)8-11(12)17/h2,4,9,11-12H,3,5-8H2,1H3,(H,24,25). The number of anilines is 2. The Morgan fingerprint density at radius 2 is 2.19 bits per heavy atom. The fraction of sp³-hybridized carbons (Fsp3) is 0.500. The highest BCUT2D eigenvalue weighted by atomic mass is 19.1. The molecule has 0 saturated carbocycles. The first-order valence-corrected chi connectivity index (χ1v) is 8.44. The topological polar surface area (TPSA) is 96.6 Å². The number of halogens is 1. The van der Waals surface area contributed by atoms with Crippen molar-refractivity contribution in [2.75, 3.05) is 24.5 Å². The third-order valence-electron chi connectivity index (χ3n) is 4.79. The summed E-state index contributed by atoms with van der Waals surface area (Å²) in [6, 6.07) is 1.91. The Morgan fingerprint density at radius 3 is 2.96 bits per heavy atom. The van der Waals surface area contributed by atoms with Crippen LogP contribution in [0.2, 0.25) is 0 Å². The summed E-state index contributed by atoms with van der Waals surface area (Å²) in [6.45, 7) is 3.39. The van der Waals surface area contributed by atoms with Crippen molar-refractivity contribution in [2.24, 2.45) is 0 Å². The molecule has 0 aromatic carbocycles. The first-order chi connectivity index (χ1) is 12.5. The van der Waals surface area contributed by atoms with Gasteiger partial charge in [-0.1, -0.05) is 0 Å². The third kappa shape index (κ3) is 2.80. The summed E-state index contributed by atoms with van der Waals surface area (Å²) in [7, 11) is 0. The Balaban J connectivity index is 1.53. The van der Waals surface area contributed by atoms with Crippen LogP contribution in [0.15, 0.2) is 18.6 Å². The molecule has 138 valence electrons. The fourth-order valence-corrected chi connectivity index (χ4v) is 3.40. The van der Waals surface area contributed by atoms with Gasteiger partial charge in [-0.25, -0.2) is 23.8 Å². The zero-order chi connectivity index (χ0) is 18.3. The molecular weight excluding hydrogens is 343 g/mol. The van der Waals surface area contributed by atoms with Crippen molar-refractivity contribution in [1.29, 1.82) is 0 Å². The van der Waals surface area contributed by atoms with Gasteiger partial charge in [-0.15, -0.1) is 0 Å². The van der Waals surface area contributed by atoms with Crippen LogP contribution in [0.25, 0.3) is 0 Å². The van der Waals surface area contributed by atoms with Crippen molar-refractivity contribution in [1.82, 2.24) is 24.6 Å². The minimum Gasteiger partial charge on any atom is -0.471 e. The highest BCUT2D eigenvalue weighted by molar-refractivity contribution is 5.65. The number of fused-ring (bicyclic) bond motifs is 1. The second kappa shape index (κ2) is 6.43. The quantitative estimate of drug-likeness (QED) is 0.886. The summed E-state index contributed by atoms with van der Waals surface area (Å²) in [6.07, 6.45) is 0.178. The number of rotatable bonds is 3. The van der Waals surface area contributed by atoms with Crippen molar-refractivity contribution in [3.8, 4) is 5.88 Å². The van der Waals surface area contributed by atoms with E-state index >= 15 is 0 Å². The number of carboxylic acid groups (broad SMARTS) is 1. The van der Waals surface area contributed by atoms with E-state index in [2.05, 4.69) is 15.1 Å². The lowest BCUT2D eigenvalue weighted by atomic mass is 10.1. The predicted molar refractivity (Wildman–Crippen MR) is 89.5 cm³/mol. The van der Waals surface area contributed by atoms with Crippen LogP contribution in [0, 0.1) is 6.92 Å². The molecule has 1 N–H and O–H groups in total. The number of alkyl halides is 1. The Morgan fingerprint density at radius 1 is 1.35 bits per heavy atom. The maximum Gasteiger partial charge on any atom is 0.407 e. The molecule has 1 fully saturated rings. The maximum atomic E-state index is 14.3.